The van der Waals surface area contributed by atoms with E-state index in [2.05, 4.69) is 17.0 Å². The van der Waals surface area contributed by atoms with Crippen LogP contribution in [-0.4, -0.2) is 47.9 Å². The van der Waals surface area contributed by atoms with Gasteiger partial charge in [0.1, 0.15) is 12.4 Å². The van der Waals surface area contributed by atoms with Crippen molar-refractivity contribution in [1.82, 2.24) is 5.32 Å². The lowest BCUT2D eigenvalue weighted by Gasteiger charge is -2.25. The Kier molecular flexibility index (Phi) is 11.0. The van der Waals surface area contributed by atoms with Crippen LogP contribution in [0.5, 0.6) is 5.75 Å². The number of aliphatic imine (C=N–C) groups is 1. The lowest BCUT2D eigenvalue weighted by atomic mass is 9.99. The number of allylic oxidation sites excluding steroid dienone is 2. The molecule has 0 bridgehead atoms. The lowest BCUT2D eigenvalue weighted by Crippen LogP contribution is -2.42. The summed E-state index contributed by atoms with van der Waals surface area (Å²) in [6.07, 6.45) is 8.95. The number of hydrogen-bond acceptors (Lipinski definition) is 6. The fourth-order valence-electron chi connectivity index (χ4n) is 2.55. The Morgan fingerprint density at radius 2 is 2.10 bits per heavy atom. The van der Waals surface area contributed by atoms with Crippen molar-refractivity contribution in [2.45, 2.75) is 44.0 Å². The third-order valence-corrected chi connectivity index (χ3v) is 5.66. The molecular formula is C22H30N2O4S. The van der Waals surface area contributed by atoms with Gasteiger partial charge in [-0.25, -0.2) is 0 Å². The second-order valence-corrected chi connectivity index (χ2v) is 8.00. The first-order chi connectivity index (χ1) is 13.9. The molecule has 1 aromatic rings. The molecule has 0 saturated heterocycles. The molecule has 2 amide bonds. The molecule has 0 fully saturated rings. The number of imide groups is 1. The zero-order valence-corrected chi connectivity index (χ0v) is 18.1. The van der Waals surface area contributed by atoms with Crippen LogP contribution >= 0.6 is 11.8 Å². The molecule has 0 heterocycles. The third-order valence-electron chi connectivity index (χ3n) is 4.43. The van der Waals surface area contributed by atoms with Crippen LogP contribution in [0.2, 0.25) is 0 Å². The number of aliphatic hydroxyl groups is 1. The minimum absolute atomic E-state index is 0.179. The fraction of sp³-hybridized carbons (Fsp3) is 0.409. The Balaban J connectivity index is 2.56. The van der Waals surface area contributed by atoms with E-state index < -0.39 is 10.9 Å². The molecule has 0 aliphatic heterocycles. The molecule has 0 aliphatic carbocycles. The lowest BCUT2D eigenvalue weighted by molar-refractivity contribution is -0.126. The molecule has 0 aliphatic rings. The monoisotopic (exact) mass is 418 g/mol. The molecule has 7 heteroatoms. The van der Waals surface area contributed by atoms with Gasteiger partial charge in [0.2, 0.25) is 12.3 Å². The van der Waals surface area contributed by atoms with E-state index in [0.717, 1.165) is 17.6 Å². The summed E-state index contributed by atoms with van der Waals surface area (Å²) in [7, 11) is 0. The average Bonchev–Trinajstić information content (AvgIpc) is 2.72. The number of hydrogen-bond donors (Lipinski definition) is 2. The number of nitrogens with one attached hydrogen (secondary N) is 1. The zero-order chi connectivity index (χ0) is 21.7. The predicted octanol–water partition coefficient (Wildman–Crippen LogP) is 3.30. The summed E-state index contributed by atoms with van der Waals surface area (Å²) in [6, 6.07) is 7.38. The van der Waals surface area contributed by atoms with E-state index >= 15 is 0 Å². The van der Waals surface area contributed by atoms with Gasteiger partial charge in [0.25, 0.3) is 0 Å². The SMILES string of the molecule is C=N/C=C(\C=C/CC(O)COc1ccc(CC(C)(SC)C(=O)NC=O)cc1)CC. The van der Waals surface area contributed by atoms with Crippen LogP contribution in [0, 0.1) is 0 Å². The molecule has 6 nitrogen and oxygen atoms in total. The first-order valence-electron chi connectivity index (χ1n) is 9.39. The van der Waals surface area contributed by atoms with Crippen LogP contribution in [0.15, 0.2) is 53.2 Å². The van der Waals surface area contributed by atoms with Gasteiger partial charge in [0.15, 0.2) is 0 Å². The summed E-state index contributed by atoms with van der Waals surface area (Å²) in [5.41, 5.74) is 2.00. The highest BCUT2D eigenvalue weighted by Gasteiger charge is 2.32. The van der Waals surface area contributed by atoms with E-state index in [1.54, 1.807) is 13.1 Å². The van der Waals surface area contributed by atoms with E-state index in [9.17, 15) is 14.7 Å². The molecule has 158 valence electrons. The van der Waals surface area contributed by atoms with Gasteiger partial charge in [-0.2, -0.15) is 0 Å². The molecule has 2 unspecified atom stereocenters. The van der Waals surface area contributed by atoms with E-state index in [4.69, 9.17) is 4.74 Å². The van der Waals surface area contributed by atoms with E-state index in [-0.39, 0.29) is 12.5 Å². The molecule has 29 heavy (non-hydrogen) atoms. The summed E-state index contributed by atoms with van der Waals surface area (Å²) < 4.78 is 4.90. The molecule has 0 spiro atoms. The number of carbonyl (C=O) groups is 2. The van der Waals surface area contributed by atoms with Crippen LogP contribution < -0.4 is 10.1 Å². The summed E-state index contributed by atoms with van der Waals surface area (Å²) in [6.45, 7) is 7.45. The van der Waals surface area contributed by atoms with Crippen molar-refractivity contribution in [2.75, 3.05) is 12.9 Å². The highest BCUT2D eigenvalue weighted by molar-refractivity contribution is 8.00. The smallest absolute Gasteiger partial charge is 0.242 e. The van der Waals surface area contributed by atoms with Gasteiger partial charge < -0.3 is 9.84 Å². The Morgan fingerprint density at radius 3 is 2.66 bits per heavy atom. The van der Waals surface area contributed by atoms with Gasteiger partial charge in [-0.15, -0.1) is 11.8 Å². The van der Waals surface area contributed by atoms with Crippen molar-refractivity contribution in [3.05, 3.63) is 53.8 Å². The van der Waals surface area contributed by atoms with Gasteiger partial charge in [-0.05, 0) is 62.4 Å². The van der Waals surface area contributed by atoms with Crippen LogP contribution in [0.3, 0.4) is 0 Å². The molecule has 0 radical (unpaired) electrons. The van der Waals surface area contributed by atoms with Gasteiger partial charge >= 0.3 is 0 Å². The number of aliphatic hydroxyl groups excluding tert-OH is 1. The topological polar surface area (TPSA) is 88.0 Å². The predicted molar refractivity (Wildman–Crippen MR) is 119 cm³/mol. The average molecular weight is 419 g/mol. The third kappa shape index (κ3) is 8.66. The van der Waals surface area contributed by atoms with E-state index in [1.807, 2.05) is 49.6 Å². The molecule has 0 saturated carbocycles. The maximum absolute atomic E-state index is 12.1. The highest BCUT2D eigenvalue weighted by Crippen LogP contribution is 2.28. The molecule has 2 atom stereocenters. The van der Waals surface area contributed by atoms with E-state index in [0.29, 0.717) is 25.0 Å². The molecule has 1 rings (SSSR count). The van der Waals surface area contributed by atoms with Gasteiger partial charge in [0, 0.05) is 6.20 Å². The molecular weight excluding hydrogens is 388 g/mol. The number of benzene rings is 1. The van der Waals surface area contributed by atoms with Crippen molar-refractivity contribution < 1.29 is 19.4 Å². The normalized spacial score (nSPS) is 14.8. The number of thioether (sulfide) groups is 1. The fourth-order valence-corrected chi connectivity index (χ4v) is 3.11. The minimum Gasteiger partial charge on any atom is -0.491 e. The second kappa shape index (κ2) is 13.0. The summed E-state index contributed by atoms with van der Waals surface area (Å²) >= 11 is 1.39. The number of ether oxygens (including phenoxy) is 1. The van der Waals surface area contributed by atoms with E-state index in [1.165, 1.54) is 11.8 Å². The first kappa shape index (κ1) is 24.7. The van der Waals surface area contributed by atoms with Crippen molar-refractivity contribution >= 4 is 30.8 Å². The number of carbonyl (C=O) groups excluding carboxylic acids is 2. The number of amides is 2. The van der Waals surface area contributed by atoms with Crippen molar-refractivity contribution in [2.24, 2.45) is 4.99 Å². The first-order valence-corrected chi connectivity index (χ1v) is 10.6. The van der Waals surface area contributed by atoms with Gasteiger partial charge in [-0.1, -0.05) is 31.2 Å². The molecule has 2 N–H and O–H groups in total. The Bertz CT molecular complexity index is 731. The van der Waals surface area contributed by atoms with Crippen LogP contribution in [0.4, 0.5) is 0 Å². The van der Waals surface area contributed by atoms with Crippen LogP contribution in [-0.2, 0) is 16.0 Å². The molecule has 0 aromatic heterocycles. The maximum Gasteiger partial charge on any atom is 0.242 e. The Hall–Kier alpha value is -2.38. The van der Waals surface area contributed by atoms with Gasteiger partial charge in [-0.3, -0.25) is 19.9 Å². The molecule has 1 aromatic carbocycles. The quantitative estimate of drug-likeness (QED) is 0.292. The zero-order valence-electron chi connectivity index (χ0n) is 17.3. The summed E-state index contributed by atoms with van der Waals surface area (Å²) in [4.78, 5) is 26.4. The Labute approximate surface area is 177 Å². The van der Waals surface area contributed by atoms with Crippen molar-refractivity contribution in [3.8, 4) is 5.75 Å². The number of nitrogens with zero attached hydrogens (tertiary/aromatic N) is 1. The minimum atomic E-state index is -0.737. The highest BCUT2D eigenvalue weighted by atomic mass is 32.2. The van der Waals surface area contributed by atoms with Gasteiger partial charge in [0.05, 0.1) is 10.9 Å². The van der Waals surface area contributed by atoms with Crippen LogP contribution in [0.1, 0.15) is 32.3 Å². The maximum atomic E-state index is 12.1. The van der Waals surface area contributed by atoms with Crippen molar-refractivity contribution in [3.63, 3.8) is 0 Å². The summed E-state index contributed by atoms with van der Waals surface area (Å²) in [5.74, 6) is 0.325. The second-order valence-electron chi connectivity index (χ2n) is 6.69. The van der Waals surface area contributed by atoms with Crippen molar-refractivity contribution in [1.29, 1.82) is 0 Å². The largest absolute Gasteiger partial charge is 0.491 e. The standard InChI is InChI=1S/C22H30N2O4S/c1-5-17(14-23-3)7-6-8-19(26)15-28-20-11-9-18(10-12-20)13-22(2,29-4)21(27)24-16-25/h6-7,9-12,14,16,19,26H,3,5,8,13,15H2,1-2,4H3,(H,24,25,27)/b7-6-,17-14-. The van der Waals surface area contributed by atoms with Crippen LogP contribution in [0.25, 0.3) is 0 Å². The Morgan fingerprint density at radius 1 is 1.41 bits per heavy atom. The number of rotatable bonds is 13. The summed E-state index contributed by atoms with van der Waals surface area (Å²) in [5, 5.41) is 12.3.